The van der Waals surface area contributed by atoms with Crippen LogP contribution < -0.4 is 5.73 Å². The van der Waals surface area contributed by atoms with Crippen LogP contribution in [0.1, 0.15) is 58.9 Å². The van der Waals surface area contributed by atoms with Crippen LogP contribution in [0.4, 0.5) is 5.69 Å². The summed E-state index contributed by atoms with van der Waals surface area (Å²) in [5.41, 5.74) is 9.04. The summed E-state index contributed by atoms with van der Waals surface area (Å²) >= 11 is 0. The number of likely N-dealkylation sites (tertiary alicyclic amines) is 1. The van der Waals surface area contributed by atoms with Gasteiger partial charge in [-0.05, 0) is 76.9 Å². The molecule has 1 unspecified atom stereocenters. The summed E-state index contributed by atoms with van der Waals surface area (Å²) in [5, 5.41) is 1.30. The fourth-order valence-electron chi connectivity index (χ4n) is 3.06. The van der Waals surface area contributed by atoms with Gasteiger partial charge in [-0.25, -0.2) is 0 Å². The molecule has 1 aliphatic rings. The summed E-state index contributed by atoms with van der Waals surface area (Å²) in [7, 11) is 2.20. The van der Waals surface area contributed by atoms with Gasteiger partial charge in [0.05, 0.1) is 0 Å². The van der Waals surface area contributed by atoms with E-state index in [1.165, 1.54) is 35.9 Å². The van der Waals surface area contributed by atoms with Crippen LogP contribution in [0.25, 0.3) is 10.9 Å². The monoisotopic (exact) mass is 361 g/mol. The number of likely N-dealkylation sites (N-methyl/N-ethyl adjacent to an activating group) is 1. The third kappa shape index (κ3) is 6.71. The molecule has 0 saturated carbocycles. The number of carbonyl (C=O) groups is 1. The number of benzene rings is 1. The maximum atomic E-state index is 9.60. The second kappa shape index (κ2) is 10.2. The van der Waals surface area contributed by atoms with Gasteiger partial charge in [-0.3, -0.25) is 4.79 Å². The summed E-state index contributed by atoms with van der Waals surface area (Å²) in [4.78, 5) is 15.4. The number of ether oxygens (including phenoxy) is 1. The molecule has 5 heteroatoms. The molecule has 0 spiro atoms. The molecule has 2 aromatic rings. The third-order valence-electron chi connectivity index (χ3n) is 4.20. The summed E-state index contributed by atoms with van der Waals surface area (Å²) in [6.07, 6.45) is 4.73. The Morgan fingerprint density at radius 1 is 1.31 bits per heavy atom. The fraction of sp³-hybridized carbons (Fsp3) is 0.571. The van der Waals surface area contributed by atoms with Gasteiger partial charge < -0.3 is 20.4 Å². The Labute approximate surface area is 157 Å². The van der Waals surface area contributed by atoms with Crippen LogP contribution in [-0.2, 0) is 9.53 Å². The van der Waals surface area contributed by atoms with Crippen LogP contribution in [0.15, 0.2) is 24.4 Å². The molecule has 0 aliphatic carbocycles. The molecule has 1 aromatic carbocycles. The van der Waals surface area contributed by atoms with E-state index in [2.05, 4.69) is 40.0 Å². The number of nitrogens with zero attached hydrogens (tertiary/aromatic N) is 1. The van der Waals surface area contributed by atoms with Crippen molar-refractivity contribution in [3.8, 4) is 0 Å². The number of carbonyl (C=O) groups excluding carboxylic acids is 1. The number of nitrogens with one attached hydrogen (secondary N) is 1. The first kappa shape index (κ1) is 22.0. The zero-order valence-corrected chi connectivity index (χ0v) is 17.1. The number of rotatable bonds is 2. The SMILES string of the molecule is CC.CC(C)(C)OC=O.CN1CCCC(c2c[nH]c3ccc(N)cc23)C1. The molecule has 1 saturated heterocycles. The Kier molecular flexibility index (Phi) is 8.66. The Balaban J connectivity index is 0.000000321. The topological polar surface area (TPSA) is 71.3 Å². The lowest BCUT2D eigenvalue weighted by molar-refractivity contribution is -0.138. The average molecular weight is 362 g/mol. The number of H-pyrrole nitrogens is 1. The lowest BCUT2D eigenvalue weighted by Gasteiger charge is -2.29. The molecule has 2 heterocycles. The fourth-order valence-corrected chi connectivity index (χ4v) is 3.06. The molecule has 0 bridgehead atoms. The molecule has 1 aliphatic heterocycles. The molecule has 1 aromatic heterocycles. The summed E-state index contributed by atoms with van der Waals surface area (Å²) in [6.45, 7) is 12.3. The second-order valence-electron chi connectivity index (χ2n) is 7.48. The molecular weight excluding hydrogens is 326 g/mol. The summed E-state index contributed by atoms with van der Waals surface area (Å²) in [6, 6.07) is 6.12. The van der Waals surface area contributed by atoms with Crippen LogP contribution >= 0.6 is 0 Å². The van der Waals surface area contributed by atoms with E-state index in [1.807, 2.05) is 40.7 Å². The smallest absolute Gasteiger partial charge is 0.293 e. The van der Waals surface area contributed by atoms with Crippen LogP contribution in [0.2, 0.25) is 0 Å². The van der Waals surface area contributed by atoms with E-state index in [0.29, 0.717) is 12.4 Å². The molecule has 146 valence electrons. The van der Waals surface area contributed by atoms with Crippen molar-refractivity contribution in [2.75, 3.05) is 25.9 Å². The van der Waals surface area contributed by atoms with Gasteiger partial charge in [0.2, 0.25) is 0 Å². The lowest BCUT2D eigenvalue weighted by Crippen LogP contribution is -2.30. The predicted molar refractivity (Wildman–Crippen MR) is 110 cm³/mol. The van der Waals surface area contributed by atoms with Crippen molar-refractivity contribution in [1.82, 2.24) is 9.88 Å². The number of nitrogen functional groups attached to an aromatic ring is 1. The van der Waals surface area contributed by atoms with Gasteiger partial charge in [-0.15, -0.1) is 0 Å². The molecule has 1 atom stereocenters. The van der Waals surface area contributed by atoms with E-state index in [0.717, 1.165) is 12.2 Å². The van der Waals surface area contributed by atoms with Crippen molar-refractivity contribution in [3.63, 3.8) is 0 Å². The Hall–Kier alpha value is -2.01. The molecule has 3 rings (SSSR count). The van der Waals surface area contributed by atoms with Gasteiger partial charge in [0.25, 0.3) is 6.47 Å². The van der Waals surface area contributed by atoms with E-state index in [4.69, 9.17) is 5.73 Å². The van der Waals surface area contributed by atoms with Crippen molar-refractivity contribution in [1.29, 1.82) is 0 Å². The van der Waals surface area contributed by atoms with Crippen LogP contribution in [0.3, 0.4) is 0 Å². The lowest BCUT2D eigenvalue weighted by atomic mass is 9.90. The molecular formula is C21H35N3O2. The number of hydrogen-bond acceptors (Lipinski definition) is 4. The number of piperidine rings is 1. The Bertz CT molecular complexity index is 673. The van der Waals surface area contributed by atoms with Gasteiger partial charge in [0.1, 0.15) is 5.60 Å². The largest absolute Gasteiger partial charge is 0.462 e. The first-order valence-corrected chi connectivity index (χ1v) is 9.46. The van der Waals surface area contributed by atoms with E-state index in [9.17, 15) is 4.79 Å². The zero-order chi connectivity index (χ0) is 19.7. The minimum atomic E-state index is -0.318. The van der Waals surface area contributed by atoms with Crippen LogP contribution in [0, 0.1) is 0 Å². The summed E-state index contributed by atoms with van der Waals surface area (Å²) in [5.74, 6) is 0.643. The van der Waals surface area contributed by atoms with Crippen molar-refractivity contribution < 1.29 is 9.53 Å². The molecule has 1 fully saturated rings. The number of hydrogen-bond donors (Lipinski definition) is 2. The van der Waals surface area contributed by atoms with Gasteiger partial charge in [0.15, 0.2) is 0 Å². The van der Waals surface area contributed by atoms with E-state index < -0.39 is 0 Å². The number of anilines is 1. The van der Waals surface area contributed by atoms with Gasteiger partial charge in [-0.2, -0.15) is 0 Å². The normalized spacial score (nSPS) is 17.5. The standard InChI is InChI=1S/C14H19N3.C5H10O2.C2H6/c1-17-6-2-3-10(9-17)13-8-16-14-5-4-11(15)7-12(13)14;1-5(2,3)7-4-6;1-2/h4-5,7-8,10,16H,2-3,6,9,15H2,1H3;4H,1-3H3;1-2H3. The molecule has 5 nitrogen and oxygen atoms in total. The molecule has 0 radical (unpaired) electrons. The van der Waals surface area contributed by atoms with Crippen molar-refractivity contribution in [2.24, 2.45) is 0 Å². The number of nitrogens with two attached hydrogens (primary N) is 1. The van der Waals surface area contributed by atoms with E-state index >= 15 is 0 Å². The van der Waals surface area contributed by atoms with Crippen molar-refractivity contribution >= 4 is 23.1 Å². The van der Waals surface area contributed by atoms with E-state index in [-0.39, 0.29) is 5.60 Å². The highest BCUT2D eigenvalue weighted by Crippen LogP contribution is 2.32. The first-order chi connectivity index (χ1) is 12.3. The highest BCUT2D eigenvalue weighted by Gasteiger charge is 2.21. The van der Waals surface area contributed by atoms with Gasteiger partial charge in [-0.1, -0.05) is 13.8 Å². The van der Waals surface area contributed by atoms with Gasteiger partial charge >= 0.3 is 0 Å². The van der Waals surface area contributed by atoms with E-state index in [1.54, 1.807) is 0 Å². The molecule has 3 N–H and O–H groups in total. The highest BCUT2D eigenvalue weighted by atomic mass is 16.5. The molecule has 26 heavy (non-hydrogen) atoms. The average Bonchev–Trinajstić information content (AvgIpc) is 2.99. The zero-order valence-electron chi connectivity index (χ0n) is 17.1. The Morgan fingerprint density at radius 2 is 2.00 bits per heavy atom. The third-order valence-corrected chi connectivity index (χ3v) is 4.20. The highest BCUT2D eigenvalue weighted by molar-refractivity contribution is 5.86. The number of aromatic nitrogens is 1. The van der Waals surface area contributed by atoms with Crippen molar-refractivity contribution in [2.45, 2.75) is 59.0 Å². The minimum Gasteiger partial charge on any atom is -0.462 e. The summed E-state index contributed by atoms with van der Waals surface area (Å²) < 4.78 is 4.55. The second-order valence-corrected chi connectivity index (χ2v) is 7.48. The first-order valence-electron chi connectivity index (χ1n) is 9.46. The maximum Gasteiger partial charge on any atom is 0.293 e. The number of fused-ring (bicyclic) bond motifs is 1. The predicted octanol–water partition coefficient (Wildman–Crippen LogP) is 4.54. The molecule has 0 amide bonds. The number of aromatic amines is 1. The van der Waals surface area contributed by atoms with Crippen molar-refractivity contribution in [3.05, 3.63) is 30.0 Å². The van der Waals surface area contributed by atoms with Crippen LogP contribution in [-0.4, -0.2) is 42.1 Å². The Morgan fingerprint density at radius 3 is 2.54 bits per heavy atom. The van der Waals surface area contributed by atoms with Crippen LogP contribution in [0.5, 0.6) is 0 Å². The maximum absolute atomic E-state index is 9.60. The quantitative estimate of drug-likeness (QED) is 0.608. The van der Waals surface area contributed by atoms with Gasteiger partial charge in [0, 0.05) is 29.3 Å². The minimum absolute atomic E-state index is 0.318.